The number of nitrogens with zero attached hydrogens (tertiary/aromatic N) is 3. The largest absolute Gasteiger partial charge is 0.316 e. The Morgan fingerprint density at radius 1 is 1.16 bits per heavy atom. The van der Waals surface area contributed by atoms with Crippen molar-refractivity contribution < 1.29 is 0 Å². The summed E-state index contributed by atoms with van der Waals surface area (Å²) in [7, 11) is 1.96. The fraction of sp³-hybridized carbons (Fsp3) is 0.667. The Morgan fingerprint density at radius 3 is 2.47 bits per heavy atom. The number of hydrogen-bond donors (Lipinski definition) is 1. The van der Waals surface area contributed by atoms with E-state index in [9.17, 15) is 0 Å². The summed E-state index contributed by atoms with van der Waals surface area (Å²) in [6.45, 7) is 10.1. The zero-order valence-corrected chi connectivity index (χ0v) is 12.2. The lowest BCUT2D eigenvalue weighted by Crippen LogP contribution is -2.46. The smallest absolute Gasteiger partial charge is 0.0544 e. The minimum Gasteiger partial charge on any atom is -0.316 e. The van der Waals surface area contributed by atoms with Gasteiger partial charge in [0.25, 0.3) is 0 Å². The standard InChI is InChI=1S/C15H26N4/c1-3-6-18-7-9-19(10-8-18)13-15-5-4-14(11-16-2)12-17-15/h4-5,12,16H,3,6-11,13H2,1-2H3. The van der Waals surface area contributed by atoms with E-state index in [2.05, 4.69) is 39.2 Å². The van der Waals surface area contributed by atoms with Crippen LogP contribution in [0.25, 0.3) is 0 Å². The van der Waals surface area contributed by atoms with Gasteiger partial charge in [0.15, 0.2) is 0 Å². The quantitative estimate of drug-likeness (QED) is 0.838. The summed E-state index contributed by atoms with van der Waals surface area (Å²) >= 11 is 0. The van der Waals surface area contributed by atoms with E-state index in [0.29, 0.717) is 0 Å². The predicted molar refractivity (Wildman–Crippen MR) is 79.0 cm³/mol. The van der Waals surface area contributed by atoms with Crippen LogP contribution >= 0.6 is 0 Å². The fourth-order valence-electron chi connectivity index (χ4n) is 2.57. The van der Waals surface area contributed by atoms with Crippen LogP contribution in [0.15, 0.2) is 18.3 Å². The summed E-state index contributed by atoms with van der Waals surface area (Å²) in [5, 5.41) is 3.15. The Bertz CT molecular complexity index is 355. The van der Waals surface area contributed by atoms with E-state index in [4.69, 9.17) is 0 Å². The Labute approximate surface area is 116 Å². The first-order valence-corrected chi connectivity index (χ1v) is 7.35. The molecule has 0 unspecified atom stereocenters. The van der Waals surface area contributed by atoms with Crippen LogP contribution in [0.2, 0.25) is 0 Å². The second-order valence-corrected chi connectivity index (χ2v) is 5.31. The molecule has 2 rings (SSSR count). The van der Waals surface area contributed by atoms with Crippen LogP contribution in [0.4, 0.5) is 0 Å². The number of rotatable bonds is 6. The van der Waals surface area contributed by atoms with Crippen molar-refractivity contribution in [1.82, 2.24) is 20.1 Å². The van der Waals surface area contributed by atoms with Gasteiger partial charge < -0.3 is 10.2 Å². The molecule has 0 saturated carbocycles. The van der Waals surface area contributed by atoms with Gasteiger partial charge in [-0.05, 0) is 31.6 Å². The topological polar surface area (TPSA) is 31.4 Å². The van der Waals surface area contributed by atoms with Crippen LogP contribution in [0, 0.1) is 0 Å². The van der Waals surface area contributed by atoms with Crippen molar-refractivity contribution in [1.29, 1.82) is 0 Å². The predicted octanol–water partition coefficient (Wildman–Crippen LogP) is 1.33. The second kappa shape index (κ2) is 7.58. The molecule has 1 aliphatic rings. The first kappa shape index (κ1) is 14.4. The van der Waals surface area contributed by atoms with E-state index >= 15 is 0 Å². The van der Waals surface area contributed by atoms with Crippen LogP contribution in [-0.4, -0.2) is 54.6 Å². The van der Waals surface area contributed by atoms with Crippen molar-refractivity contribution in [2.24, 2.45) is 0 Å². The summed E-state index contributed by atoms with van der Waals surface area (Å²) < 4.78 is 0. The van der Waals surface area contributed by atoms with Crippen molar-refractivity contribution in [3.8, 4) is 0 Å². The molecule has 4 heteroatoms. The van der Waals surface area contributed by atoms with Gasteiger partial charge in [0.05, 0.1) is 5.69 Å². The highest BCUT2D eigenvalue weighted by molar-refractivity contribution is 5.13. The Balaban J connectivity index is 1.78. The summed E-state index contributed by atoms with van der Waals surface area (Å²) in [6.07, 6.45) is 3.24. The van der Waals surface area contributed by atoms with Crippen molar-refractivity contribution >= 4 is 0 Å². The third-order valence-corrected chi connectivity index (χ3v) is 3.66. The summed E-state index contributed by atoms with van der Waals surface area (Å²) in [5.74, 6) is 0. The van der Waals surface area contributed by atoms with Crippen LogP contribution in [0.5, 0.6) is 0 Å². The van der Waals surface area contributed by atoms with Gasteiger partial charge in [-0.1, -0.05) is 13.0 Å². The number of aromatic nitrogens is 1. The maximum absolute atomic E-state index is 4.55. The lowest BCUT2D eigenvalue weighted by atomic mass is 10.2. The molecule has 0 spiro atoms. The molecule has 0 radical (unpaired) electrons. The molecule has 106 valence electrons. The maximum atomic E-state index is 4.55. The molecule has 1 saturated heterocycles. The van der Waals surface area contributed by atoms with Gasteiger partial charge in [0.1, 0.15) is 0 Å². The lowest BCUT2D eigenvalue weighted by molar-refractivity contribution is 0.126. The molecule has 0 aromatic carbocycles. The van der Waals surface area contributed by atoms with Crippen molar-refractivity contribution in [3.05, 3.63) is 29.6 Å². The first-order chi connectivity index (χ1) is 9.31. The average molecular weight is 262 g/mol. The summed E-state index contributed by atoms with van der Waals surface area (Å²) in [5.41, 5.74) is 2.43. The summed E-state index contributed by atoms with van der Waals surface area (Å²) in [6, 6.07) is 4.33. The van der Waals surface area contributed by atoms with Crippen LogP contribution in [0.3, 0.4) is 0 Å². The number of nitrogens with one attached hydrogen (secondary N) is 1. The lowest BCUT2D eigenvalue weighted by Gasteiger charge is -2.34. The molecular formula is C15H26N4. The molecule has 0 aliphatic carbocycles. The van der Waals surface area contributed by atoms with Crippen molar-refractivity contribution in [3.63, 3.8) is 0 Å². The Morgan fingerprint density at radius 2 is 1.89 bits per heavy atom. The molecule has 1 aromatic rings. The molecule has 0 amide bonds. The van der Waals surface area contributed by atoms with Gasteiger partial charge in [0.2, 0.25) is 0 Å². The van der Waals surface area contributed by atoms with E-state index in [1.54, 1.807) is 0 Å². The van der Waals surface area contributed by atoms with Crippen molar-refractivity contribution in [2.45, 2.75) is 26.4 Å². The van der Waals surface area contributed by atoms with E-state index in [-0.39, 0.29) is 0 Å². The zero-order chi connectivity index (χ0) is 13.5. The molecule has 1 aromatic heterocycles. The van der Waals surface area contributed by atoms with E-state index in [0.717, 1.165) is 13.1 Å². The van der Waals surface area contributed by atoms with Crippen LogP contribution in [-0.2, 0) is 13.1 Å². The Hall–Kier alpha value is -0.970. The van der Waals surface area contributed by atoms with E-state index in [1.807, 2.05) is 13.2 Å². The van der Waals surface area contributed by atoms with Gasteiger partial charge in [-0.3, -0.25) is 9.88 Å². The normalized spacial score (nSPS) is 17.8. The van der Waals surface area contributed by atoms with Gasteiger partial charge >= 0.3 is 0 Å². The molecule has 0 bridgehead atoms. The van der Waals surface area contributed by atoms with Gasteiger partial charge in [-0.2, -0.15) is 0 Å². The SMILES string of the molecule is CCCN1CCN(Cc2ccc(CNC)cn2)CC1. The number of pyridine rings is 1. The molecule has 4 nitrogen and oxygen atoms in total. The number of piperazine rings is 1. The first-order valence-electron chi connectivity index (χ1n) is 7.35. The number of hydrogen-bond acceptors (Lipinski definition) is 4. The Kier molecular flexibility index (Phi) is 5.76. The molecular weight excluding hydrogens is 236 g/mol. The second-order valence-electron chi connectivity index (χ2n) is 5.31. The van der Waals surface area contributed by atoms with Gasteiger partial charge in [0, 0.05) is 45.5 Å². The zero-order valence-electron chi connectivity index (χ0n) is 12.2. The monoisotopic (exact) mass is 262 g/mol. The van der Waals surface area contributed by atoms with Gasteiger partial charge in [-0.15, -0.1) is 0 Å². The molecule has 0 atom stereocenters. The minimum atomic E-state index is 0.892. The highest BCUT2D eigenvalue weighted by Crippen LogP contribution is 2.08. The molecule has 19 heavy (non-hydrogen) atoms. The van der Waals surface area contributed by atoms with Gasteiger partial charge in [-0.25, -0.2) is 0 Å². The van der Waals surface area contributed by atoms with Crippen LogP contribution in [0.1, 0.15) is 24.6 Å². The third kappa shape index (κ3) is 4.56. The maximum Gasteiger partial charge on any atom is 0.0544 e. The van der Waals surface area contributed by atoms with E-state index in [1.165, 1.54) is 50.4 Å². The third-order valence-electron chi connectivity index (χ3n) is 3.66. The van der Waals surface area contributed by atoms with Crippen LogP contribution < -0.4 is 5.32 Å². The highest BCUT2D eigenvalue weighted by atomic mass is 15.3. The molecule has 2 heterocycles. The highest BCUT2D eigenvalue weighted by Gasteiger charge is 2.16. The van der Waals surface area contributed by atoms with E-state index < -0.39 is 0 Å². The van der Waals surface area contributed by atoms with Crippen molar-refractivity contribution in [2.75, 3.05) is 39.8 Å². The fourth-order valence-corrected chi connectivity index (χ4v) is 2.57. The summed E-state index contributed by atoms with van der Waals surface area (Å²) in [4.78, 5) is 9.61. The molecule has 1 aliphatic heterocycles. The molecule has 1 fully saturated rings. The minimum absolute atomic E-state index is 0.892. The molecule has 1 N–H and O–H groups in total. The average Bonchev–Trinajstić information content (AvgIpc) is 2.44.